The summed E-state index contributed by atoms with van der Waals surface area (Å²) in [4.78, 5) is 0. The average molecular weight is 460 g/mol. The summed E-state index contributed by atoms with van der Waals surface area (Å²) in [5.74, 6) is 0. The van der Waals surface area contributed by atoms with E-state index in [1.165, 1.54) is 38.9 Å². The molecule has 0 unspecified atom stereocenters. The van der Waals surface area contributed by atoms with E-state index in [4.69, 9.17) is 0 Å². The number of halogens is 2. The van der Waals surface area contributed by atoms with Crippen molar-refractivity contribution in [3.05, 3.63) is 89.5 Å². The molecule has 0 spiro atoms. The number of nitrogens with zero attached hydrogens (tertiary/aromatic N) is 1. The van der Waals surface area contributed by atoms with E-state index in [-0.39, 0.29) is 51.0 Å². The van der Waals surface area contributed by atoms with Gasteiger partial charge in [-0.15, -0.1) is 11.1 Å². The standard InChI is InChI=1S/C17H14N.C5H5.2ClH.Zr/c1-11-7-8-16-14(9-11)15-10-12-5-3-4-6-13(12)17(15)18(16)2;1-2-4-5-3-1;;;/h3-4,6-9H,10H2,1-2H3;1-5H;2*1H;/q2*-1;;;+4/p-2. The molecule has 1 nitrogen and oxygen atoms in total. The van der Waals surface area contributed by atoms with Crippen LogP contribution in [0.5, 0.6) is 0 Å². The quantitative estimate of drug-likeness (QED) is 0.269. The van der Waals surface area contributed by atoms with Gasteiger partial charge in [-0.2, -0.15) is 42.5 Å². The summed E-state index contributed by atoms with van der Waals surface area (Å²) in [5.41, 5.74) is 8.19. The second-order valence-electron chi connectivity index (χ2n) is 6.11. The molecule has 1 aliphatic rings. The maximum atomic E-state index is 3.38. The predicted molar refractivity (Wildman–Crippen MR) is 96.8 cm³/mol. The van der Waals surface area contributed by atoms with Crippen LogP contribution in [0.2, 0.25) is 0 Å². The summed E-state index contributed by atoms with van der Waals surface area (Å²) in [7, 11) is 2.17. The molecule has 0 bridgehead atoms. The summed E-state index contributed by atoms with van der Waals surface area (Å²) >= 11 is 0. The monoisotopic (exact) mass is 457 g/mol. The topological polar surface area (TPSA) is 4.93 Å². The third-order valence-electron chi connectivity index (χ3n) is 4.57. The first-order valence-corrected chi connectivity index (χ1v) is 8.00. The normalized spacial score (nSPS) is 10.4. The van der Waals surface area contributed by atoms with Crippen molar-refractivity contribution in [2.45, 2.75) is 13.3 Å². The fourth-order valence-electron chi connectivity index (χ4n) is 3.49. The van der Waals surface area contributed by atoms with E-state index in [1.807, 2.05) is 36.4 Å². The molecule has 0 amide bonds. The molecule has 26 heavy (non-hydrogen) atoms. The number of rotatable bonds is 0. The van der Waals surface area contributed by atoms with Crippen LogP contribution in [0.1, 0.15) is 16.7 Å². The Morgan fingerprint density at radius 3 is 2.42 bits per heavy atom. The van der Waals surface area contributed by atoms with E-state index in [2.05, 4.69) is 54.9 Å². The van der Waals surface area contributed by atoms with Crippen LogP contribution < -0.4 is 24.8 Å². The summed E-state index contributed by atoms with van der Waals surface area (Å²) in [6, 6.07) is 26.4. The van der Waals surface area contributed by atoms with Gasteiger partial charge in [0.15, 0.2) is 0 Å². The first-order valence-electron chi connectivity index (χ1n) is 8.00. The Kier molecular flexibility index (Phi) is 8.47. The molecule has 0 aliphatic heterocycles. The Labute approximate surface area is 186 Å². The molecular weight excluding hydrogens is 440 g/mol. The maximum absolute atomic E-state index is 3.38. The number of aromatic nitrogens is 1. The van der Waals surface area contributed by atoms with Gasteiger partial charge in [-0.25, -0.2) is 12.1 Å². The minimum absolute atomic E-state index is 0. The van der Waals surface area contributed by atoms with Gasteiger partial charge in [0.05, 0.1) is 0 Å². The molecule has 1 heterocycles. The summed E-state index contributed by atoms with van der Waals surface area (Å²) in [5, 5.41) is 1.40. The molecule has 5 rings (SSSR count). The molecule has 3 aromatic carbocycles. The summed E-state index contributed by atoms with van der Waals surface area (Å²) in [6.07, 6.45) is 1.02. The molecule has 0 fully saturated rings. The summed E-state index contributed by atoms with van der Waals surface area (Å²) in [6.45, 7) is 2.16. The molecule has 1 aliphatic carbocycles. The Morgan fingerprint density at radius 1 is 1.04 bits per heavy atom. The van der Waals surface area contributed by atoms with E-state index in [0.29, 0.717) is 0 Å². The van der Waals surface area contributed by atoms with Crippen LogP contribution >= 0.6 is 0 Å². The van der Waals surface area contributed by atoms with Gasteiger partial charge in [0, 0.05) is 18.0 Å². The van der Waals surface area contributed by atoms with Crippen LogP contribution in [0.3, 0.4) is 0 Å². The third-order valence-corrected chi connectivity index (χ3v) is 4.57. The van der Waals surface area contributed by atoms with Crippen LogP contribution in [0.15, 0.2) is 66.7 Å². The second-order valence-corrected chi connectivity index (χ2v) is 6.11. The molecule has 0 N–H and O–H groups in total. The fourth-order valence-corrected chi connectivity index (χ4v) is 3.49. The van der Waals surface area contributed by atoms with Crippen molar-refractivity contribution in [2.24, 2.45) is 7.05 Å². The van der Waals surface area contributed by atoms with Crippen molar-refractivity contribution >= 4 is 10.9 Å². The first-order chi connectivity index (χ1) is 11.3. The molecule has 130 valence electrons. The van der Waals surface area contributed by atoms with Gasteiger partial charge in [-0.3, -0.25) is 0 Å². The summed E-state index contributed by atoms with van der Waals surface area (Å²) < 4.78 is 2.32. The average Bonchev–Trinajstić information content (AvgIpc) is 3.28. The molecule has 1 aromatic heterocycles. The van der Waals surface area contributed by atoms with E-state index in [0.717, 1.165) is 6.42 Å². The third kappa shape index (κ3) is 4.04. The molecule has 0 atom stereocenters. The fraction of sp³-hybridized carbons (Fsp3) is 0.136. The molecule has 4 aromatic rings. The largest absolute Gasteiger partial charge is 4.00 e. The van der Waals surface area contributed by atoms with E-state index >= 15 is 0 Å². The number of hydrogen-bond donors (Lipinski definition) is 0. The minimum Gasteiger partial charge on any atom is -1.00 e. The maximum Gasteiger partial charge on any atom is 4.00 e. The van der Waals surface area contributed by atoms with Crippen LogP contribution in [0.25, 0.3) is 22.2 Å². The zero-order valence-corrected chi connectivity index (χ0v) is 18.7. The Morgan fingerprint density at radius 2 is 1.77 bits per heavy atom. The molecule has 0 saturated heterocycles. The van der Waals surface area contributed by atoms with Crippen molar-refractivity contribution in [1.82, 2.24) is 4.57 Å². The molecule has 4 heteroatoms. The van der Waals surface area contributed by atoms with Crippen molar-refractivity contribution in [1.29, 1.82) is 0 Å². The van der Waals surface area contributed by atoms with Gasteiger partial charge in [-0.05, 0) is 36.7 Å². The van der Waals surface area contributed by atoms with Gasteiger partial charge in [0.1, 0.15) is 0 Å². The molecule has 0 radical (unpaired) electrons. The van der Waals surface area contributed by atoms with Gasteiger partial charge in [0.25, 0.3) is 0 Å². The van der Waals surface area contributed by atoms with Crippen LogP contribution in [0.4, 0.5) is 0 Å². The van der Waals surface area contributed by atoms with Crippen molar-refractivity contribution in [3.8, 4) is 11.3 Å². The number of benzene rings is 2. The van der Waals surface area contributed by atoms with Crippen LogP contribution in [-0.4, -0.2) is 4.57 Å². The number of aryl methyl sites for hydroxylation is 2. The first kappa shape index (κ1) is 22.8. The SMILES string of the molecule is Cc1ccc2c(c1)c1c(n2C)-c2ccc[c-]c2C1.[Cl-].[Cl-].[Zr+4].c1cc[cH-]c1. The second kappa shape index (κ2) is 9.65. The van der Waals surface area contributed by atoms with E-state index < -0.39 is 0 Å². The number of hydrogen-bond acceptors (Lipinski definition) is 0. The van der Waals surface area contributed by atoms with E-state index in [9.17, 15) is 0 Å². The van der Waals surface area contributed by atoms with Crippen LogP contribution in [0, 0.1) is 13.0 Å². The zero-order chi connectivity index (χ0) is 15.8. The van der Waals surface area contributed by atoms with Gasteiger partial charge in [0.2, 0.25) is 0 Å². The molecular formula is C22H19Cl2NZr. The van der Waals surface area contributed by atoms with Crippen molar-refractivity contribution in [3.63, 3.8) is 0 Å². The van der Waals surface area contributed by atoms with Crippen molar-refractivity contribution in [2.75, 3.05) is 0 Å². The van der Waals surface area contributed by atoms with Gasteiger partial charge < -0.3 is 29.4 Å². The van der Waals surface area contributed by atoms with Crippen molar-refractivity contribution < 1.29 is 51.0 Å². The Hall–Kier alpha value is -1.21. The molecule has 0 saturated carbocycles. The Balaban J connectivity index is 0.000000372. The van der Waals surface area contributed by atoms with Gasteiger partial charge in [-0.1, -0.05) is 11.6 Å². The van der Waals surface area contributed by atoms with Crippen LogP contribution in [-0.2, 0) is 39.7 Å². The minimum atomic E-state index is 0. The predicted octanol–water partition coefficient (Wildman–Crippen LogP) is -0.731. The smallest absolute Gasteiger partial charge is 1.00 e. The van der Waals surface area contributed by atoms with Gasteiger partial charge >= 0.3 is 26.2 Å². The Bertz CT molecular complexity index is 954. The number of fused-ring (bicyclic) bond motifs is 5. The van der Waals surface area contributed by atoms with E-state index in [1.54, 1.807) is 0 Å². The zero-order valence-electron chi connectivity index (χ0n) is 14.8.